The van der Waals surface area contributed by atoms with Gasteiger partial charge in [-0.05, 0) is 38.5 Å². The molecule has 0 aliphatic carbocycles. The Morgan fingerprint density at radius 1 is 1.24 bits per heavy atom. The number of carbonyl (C=O) groups is 2. The largest absolute Gasteiger partial charge is 0.355 e. The number of aromatic amines is 1. The number of aryl methyl sites for hydroxylation is 1. The Bertz CT molecular complexity index is 706. The Balaban J connectivity index is 2.17. The van der Waals surface area contributed by atoms with Gasteiger partial charge in [-0.25, -0.2) is 0 Å². The van der Waals surface area contributed by atoms with Crippen LogP contribution in [0.25, 0.3) is 0 Å². The molecule has 0 bridgehead atoms. The lowest BCUT2D eigenvalue weighted by molar-refractivity contribution is 0.101. The van der Waals surface area contributed by atoms with Gasteiger partial charge in [-0.15, -0.1) is 11.8 Å². The van der Waals surface area contributed by atoms with Crippen molar-refractivity contribution < 1.29 is 9.59 Å². The number of hydrogen-bond donors (Lipinski definition) is 1. The fourth-order valence-corrected chi connectivity index (χ4v) is 3.45. The van der Waals surface area contributed by atoms with E-state index in [1.165, 1.54) is 18.7 Å². The third kappa shape index (κ3) is 3.39. The van der Waals surface area contributed by atoms with Gasteiger partial charge in [0.25, 0.3) is 0 Å². The molecule has 0 atom stereocenters. The quantitative estimate of drug-likeness (QED) is 0.653. The van der Waals surface area contributed by atoms with E-state index in [1.54, 1.807) is 13.0 Å². The molecule has 0 aliphatic heterocycles. The molecule has 0 saturated carbocycles. The van der Waals surface area contributed by atoms with E-state index in [4.69, 9.17) is 11.6 Å². The van der Waals surface area contributed by atoms with E-state index in [-0.39, 0.29) is 17.3 Å². The molecule has 0 unspecified atom stereocenters. The molecule has 0 amide bonds. The summed E-state index contributed by atoms with van der Waals surface area (Å²) in [6.07, 6.45) is 0. The summed E-state index contributed by atoms with van der Waals surface area (Å²) < 4.78 is 0. The molecule has 2 rings (SSSR count). The zero-order valence-electron chi connectivity index (χ0n) is 12.1. The van der Waals surface area contributed by atoms with Gasteiger partial charge in [-0.3, -0.25) is 9.59 Å². The monoisotopic (exact) mass is 321 g/mol. The number of aromatic nitrogens is 1. The Labute approximate surface area is 133 Å². The molecule has 110 valence electrons. The van der Waals surface area contributed by atoms with Gasteiger partial charge in [0.2, 0.25) is 0 Å². The maximum Gasteiger partial charge on any atom is 0.189 e. The van der Waals surface area contributed by atoms with Crippen LogP contribution in [0.1, 0.15) is 39.0 Å². The summed E-state index contributed by atoms with van der Waals surface area (Å²) in [6, 6.07) is 7.42. The van der Waals surface area contributed by atoms with E-state index in [1.807, 2.05) is 25.1 Å². The minimum absolute atomic E-state index is 0.0287. The van der Waals surface area contributed by atoms with E-state index in [2.05, 4.69) is 4.98 Å². The first-order chi connectivity index (χ1) is 9.91. The number of benzene rings is 1. The van der Waals surface area contributed by atoms with E-state index in [0.717, 1.165) is 16.2 Å². The second kappa shape index (κ2) is 6.50. The van der Waals surface area contributed by atoms with Crippen molar-refractivity contribution >= 4 is 34.9 Å². The number of nitrogens with one attached hydrogen (secondary N) is 1. The number of halogens is 1. The Hall–Kier alpha value is -1.52. The second-order valence-electron chi connectivity index (χ2n) is 4.82. The zero-order chi connectivity index (χ0) is 15.6. The molecule has 5 heteroatoms. The minimum Gasteiger partial charge on any atom is -0.355 e. The maximum atomic E-state index is 12.3. The van der Waals surface area contributed by atoms with Crippen LogP contribution in [0.5, 0.6) is 0 Å². The third-order valence-corrected chi connectivity index (χ3v) is 4.78. The van der Waals surface area contributed by atoms with Crippen molar-refractivity contribution in [3.63, 3.8) is 0 Å². The Morgan fingerprint density at radius 3 is 2.48 bits per heavy atom. The molecule has 0 spiro atoms. The van der Waals surface area contributed by atoms with Crippen LogP contribution in [0.15, 0.2) is 29.2 Å². The molecular weight excluding hydrogens is 306 g/mol. The van der Waals surface area contributed by atoms with Gasteiger partial charge in [0, 0.05) is 16.2 Å². The van der Waals surface area contributed by atoms with Gasteiger partial charge < -0.3 is 4.98 Å². The number of rotatable bonds is 5. The van der Waals surface area contributed by atoms with Crippen LogP contribution in [0.4, 0.5) is 0 Å². The van der Waals surface area contributed by atoms with E-state index >= 15 is 0 Å². The molecular formula is C16H16ClNO2S. The number of carbonyl (C=O) groups excluding carboxylic acids is 2. The molecule has 2 aromatic rings. The van der Waals surface area contributed by atoms with Gasteiger partial charge in [0.15, 0.2) is 11.6 Å². The normalized spacial score (nSPS) is 10.7. The topological polar surface area (TPSA) is 49.9 Å². The predicted octanol–water partition coefficient (Wildman–Crippen LogP) is 4.46. The van der Waals surface area contributed by atoms with Crippen molar-refractivity contribution in [3.05, 3.63) is 51.8 Å². The van der Waals surface area contributed by atoms with Gasteiger partial charge in [0.1, 0.15) is 0 Å². The molecule has 1 heterocycles. The first-order valence-electron chi connectivity index (χ1n) is 6.52. The fraction of sp³-hybridized carbons (Fsp3) is 0.250. The Kier molecular flexibility index (Phi) is 4.91. The van der Waals surface area contributed by atoms with Crippen LogP contribution in [-0.4, -0.2) is 22.3 Å². The van der Waals surface area contributed by atoms with Gasteiger partial charge in [0.05, 0.1) is 16.5 Å². The molecule has 21 heavy (non-hydrogen) atoms. The number of H-pyrrole nitrogens is 1. The molecule has 0 fully saturated rings. The minimum atomic E-state index is -0.0342. The standard InChI is InChI=1S/C16H16ClNO2S/c1-9-15(11(3)19)10(2)18-16(9)13(20)8-21-14-7-5-4-6-12(14)17/h4-7,18H,8H2,1-3H3. The van der Waals surface area contributed by atoms with Crippen molar-refractivity contribution in [2.24, 2.45) is 0 Å². The smallest absolute Gasteiger partial charge is 0.189 e. The number of Topliss-reactive ketones (excluding diaryl/α,β-unsaturated/α-hetero) is 2. The molecule has 0 radical (unpaired) electrons. The molecule has 1 aromatic carbocycles. The first kappa shape index (κ1) is 15.9. The van der Waals surface area contributed by atoms with Crippen molar-refractivity contribution in [1.29, 1.82) is 0 Å². The summed E-state index contributed by atoms with van der Waals surface area (Å²) in [4.78, 5) is 27.8. The van der Waals surface area contributed by atoms with Gasteiger partial charge in [-0.1, -0.05) is 23.7 Å². The summed E-state index contributed by atoms with van der Waals surface area (Å²) in [6.45, 7) is 5.12. The average molecular weight is 322 g/mol. The first-order valence-corrected chi connectivity index (χ1v) is 7.88. The highest BCUT2D eigenvalue weighted by atomic mass is 35.5. The van der Waals surface area contributed by atoms with Crippen molar-refractivity contribution in [1.82, 2.24) is 4.98 Å². The second-order valence-corrected chi connectivity index (χ2v) is 6.25. The summed E-state index contributed by atoms with van der Waals surface area (Å²) in [5.41, 5.74) is 2.59. The van der Waals surface area contributed by atoms with E-state index in [0.29, 0.717) is 16.3 Å². The van der Waals surface area contributed by atoms with E-state index in [9.17, 15) is 9.59 Å². The molecule has 0 saturated heterocycles. The van der Waals surface area contributed by atoms with Crippen molar-refractivity contribution in [2.45, 2.75) is 25.7 Å². The predicted molar refractivity (Wildman–Crippen MR) is 86.8 cm³/mol. The van der Waals surface area contributed by atoms with E-state index < -0.39 is 0 Å². The summed E-state index contributed by atoms with van der Waals surface area (Å²) in [5.74, 6) is 0.217. The van der Waals surface area contributed by atoms with Gasteiger partial charge >= 0.3 is 0 Å². The summed E-state index contributed by atoms with van der Waals surface area (Å²) in [5, 5.41) is 0.638. The number of hydrogen-bond acceptors (Lipinski definition) is 3. The maximum absolute atomic E-state index is 12.3. The van der Waals surface area contributed by atoms with Gasteiger partial charge in [-0.2, -0.15) is 0 Å². The van der Waals surface area contributed by atoms with Crippen molar-refractivity contribution in [3.8, 4) is 0 Å². The lowest BCUT2D eigenvalue weighted by Gasteiger charge is -2.03. The van der Waals surface area contributed by atoms with Crippen LogP contribution < -0.4 is 0 Å². The van der Waals surface area contributed by atoms with Crippen LogP contribution in [-0.2, 0) is 0 Å². The average Bonchev–Trinajstić information content (AvgIpc) is 2.73. The molecule has 3 nitrogen and oxygen atoms in total. The zero-order valence-corrected chi connectivity index (χ0v) is 13.7. The molecule has 1 N–H and O–H groups in total. The molecule has 1 aromatic heterocycles. The lowest BCUT2D eigenvalue weighted by Crippen LogP contribution is -2.05. The lowest BCUT2D eigenvalue weighted by atomic mass is 10.1. The Morgan fingerprint density at radius 2 is 1.90 bits per heavy atom. The SMILES string of the molecule is CC(=O)c1c(C)[nH]c(C(=O)CSc2ccccc2Cl)c1C. The van der Waals surface area contributed by atoms with Crippen LogP contribution in [0.2, 0.25) is 5.02 Å². The van der Waals surface area contributed by atoms with Crippen molar-refractivity contribution in [2.75, 3.05) is 5.75 Å². The molecule has 0 aliphatic rings. The summed E-state index contributed by atoms with van der Waals surface area (Å²) in [7, 11) is 0. The highest BCUT2D eigenvalue weighted by Crippen LogP contribution is 2.28. The third-order valence-electron chi connectivity index (χ3n) is 3.26. The number of ketones is 2. The summed E-state index contributed by atoms with van der Waals surface area (Å²) >= 11 is 7.47. The highest BCUT2D eigenvalue weighted by molar-refractivity contribution is 8.00. The highest BCUT2D eigenvalue weighted by Gasteiger charge is 2.19. The van der Waals surface area contributed by atoms with Crippen LogP contribution >= 0.6 is 23.4 Å². The van der Waals surface area contributed by atoms with Crippen LogP contribution in [0, 0.1) is 13.8 Å². The van der Waals surface area contributed by atoms with Crippen LogP contribution in [0.3, 0.4) is 0 Å². The number of thioether (sulfide) groups is 1. The fourth-order valence-electron chi connectivity index (χ4n) is 2.33.